The summed E-state index contributed by atoms with van der Waals surface area (Å²) in [5.74, 6) is -0.180. The molecule has 0 aliphatic rings. The normalized spacial score (nSPS) is 11.3. The molecule has 2 aromatic carbocycles. The number of nitrogens with one attached hydrogen (secondary N) is 4. The number of hydrogen-bond acceptors (Lipinski definition) is 4. The SMILES string of the molecule is O=C(Nc1ccc(CCNC(=O)c2nc3ncccc3[nH]2)cc1)Nc1ccc(Cl)c(C(F)(F)F)c1. The van der Waals surface area contributed by atoms with E-state index >= 15 is 0 Å². The summed E-state index contributed by atoms with van der Waals surface area (Å²) >= 11 is 5.58. The van der Waals surface area contributed by atoms with Gasteiger partial charge in [0.1, 0.15) is 0 Å². The number of aromatic amines is 1. The highest BCUT2D eigenvalue weighted by atomic mass is 35.5. The van der Waals surface area contributed by atoms with Crippen molar-refractivity contribution in [1.29, 1.82) is 0 Å². The zero-order valence-corrected chi connectivity index (χ0v) is 18.7. The molecule has 4 aromatic rings. The van der Waals surface area contributed by atoms with Crippen molar-refractivity contribution in [1.82, 2.24) is 20.3 Å². The molecule has 4 rings (SSSR count). The maximum atomic E-state index is 13.0. The maximum Gasteiger partial charge on any atom is 0.417 e. The van der Waals surface area contributed by atoms with E-state index in [0.29, 0.717) is 29.8 Å². The number of pyridine rings is 1. The number of rotatable bonds is 6. The number of halogens is 4. The fourth-order valence-corrected chi connectivity index (χ4v) is 3.45. The van der Waals surface area contributed by atoms with Crippen LogP contribution in [0.2, 0.25) is 5.02 Å². The zero-order valence-electron chi connectivity index (χ0n) is 17.9. The van der Waals surface area contributed by atoms with Crippen LogP contribution in [0.1, 0.15) is 21.7 Å². The summed E-state index contributed by atoms with van der Waals surface area (Å²) in [6.07, 6.45) is -2.51. The second kappa shape index (κ2) is 10.0. The number of carbonyl (C=O) groups excluding carboxylic acids is 2. The number of urea groups is 1. The monoisotopic (exact) mass is 502 g/mol. The number of H-pyrrole nitrogens is 1. The van der Waals surface area contributed by atoms with E-state index in [1.165, 1.54) is 6.07 Å². The highest BCUT2D eigenvalue weighted by Crippen LogP contribution is 2.36. The summed E-state index contributed by atoms with van der Waals surface area (Å²) < 4.78 is 38.9. The lowest BCUT2D eigenvalue weighted by molar-refractivity contribution is -0.137. The van der Waals surface area contributed by atoms with Gasteiger partial charge in [0, 0.05) is 24.1 Å². The Hall–Kier alpha value is -4.12. The number of imidazole rings is 1. The van der Waals surface area contributed by atoms with E-state index in [1.807, 2.05) is 0 Å². The quantitative estimate of drug-likeness (QED) is 0.288. The van der Waals surface area contributed by atoms with Crippen molar-refractivity contribution in [2.24, 2.45) is 0 Å². The zero-order chi connectivity index (χ0) is 25.0. The van der Waals surface area contributed by atoms with E-state index < -0.39 is 22.8 Å². The number of benzene rings is 2. The Morgan fingerprint density at radius 1 is 1.00 bits per heavy atom. The van der Waals surface area contributed by atoms with Crippen LogP contribution in [-0.4, -0.2) is 33.4 Å². The van der Waals surface area contributed by atoms with Gasteiger partial charge in [0.2, 0.25) is 0 Å². The van der Waals surface area contributed by atoms with Crippen LogP contribution >= 0.6 is 11.6 Å². The first-order valence-corrected chi connectivity index (χ1v) is 10.7. The molecule has 0 spiro atoms. The summed E-state index contributed by atoms with van der Waals surface area (Å²) in [5.41, 5.74) is 1.38. The molecule has 0 atom stereocenters. The fraction of sp³-hybridized carbons (Fsp3) is 0.130. The molecule has 0 unspecified atom stereocenters. The van der Waals surface area contributed by atoms with E-state index in [4.69, 9.17) is 11.6 Å². The molecule has 0 saturated carbocycles. The first kappa shape index (κ1) is 24.0. The maximum absolute atomic E-state index is 13.0. The Bertz CT molecular complexity index is 1340. The van der Waals surface area contributed by atoms with E-state index in [9.17, 15) is 22.8 Å². The van der Waals surface area contributed by atoms with Crippen molar-refractivity contribution in [3.63, 3.8) is 0 Å². The van der Waals surface area contributed by atoms with Gasteiger partial charge >= 0.3 is 12.2 Å². The Balaban J connectivity index is 1.27. The third-order valence-corrected chi connectivity index (χ3v) is 5.24. The lowest BCUT2D eigenvalue weighted by Gasteiger charge is -2.12. The number of alkyl halides is 3. The van der Waals surface area contributed by atoms with Crippen LogP contribution in [0.4, 0.5) is 29.3 Å². The molecule has 2 heterocycles. The van der Waals surface area contributed by atoms with Gasteiger partial charge in [-0.05, 0) is 54.4 Å². The summed E-state index contributed by atoms with van der Waals surface area (Å²) in [6.45, 7) is 0.356. The molecule has 0 saturated heterocycles. The van der Waals surface area contributed by atoms with E-state index in [0.717, 1.165) is 17.7 Å². The van der Waals surface area contributed by atoms with Crippen LogP contribution in [0.15, 0.2) is 60.8 Å². The molecule has 3 amide bonds. The van der Waals surface area contributed by atoms with E-state index in [2.05, 4.69) is 30.9 Å². The third-order valence-electron chi connectivity index (χ3n) is 4.91. The second-order valence-corrected chi connectivity index (χ2v) is 7.84. The topological polar surface area (TPSA) is 112 Å². The first-order valence-electron chi connectivity index (χ1n) is 10.3. The summed E-state index contributed by atoms with van der Waals surface area (Å²) in [6, 6.07) is 12.7. The van der Waals surface area contributed by atoms with E-state index in [1.54, 1.807) is 42.6 Å². The molecule has 8 nitrogen and oxygen atoms in total. The largest absolute Gasteiger partial charge is 0.417 e. The van der Waals surface area contributed by atoms with Crippen molar-refractivity contribution in [3.05, 3.63) is 82.8 Å². The van der Waals surface area contributed by atoms with Gasteiger partial charge in [0.05, 0.1) is 16.1 Å². The van der Waals surface area contributed by atoms with Gasteiger partial charge in [0.15, 0.2) is 11.5 Å². The van der Waals surface area contributed by atoms with Crippen molar-refractivity contribution in [2.45, 2.75) is 12.6 Å². The number of hydrogen-bond donors (Lipinski definition) is 4. The third kappa shape index (κ3) is 6.07. The van der Waals surface area contributed by atoms with Crippen LogP contribution in [0.25, 0.3) is 11.2 Å². The van der Waals surface area contributed by atoms with Gasteiger partial charge in [-0.3, -0.25) is 4.79 Å². The van der Waals surface area contributed by atoms with E-state index in [-0.39, 0.29) is 17.4 Å². The molecule has 0 radical (unpaired) electrons. The number of aromatic nitrogens is 3. The van der Waals surface area contributed by atoms with Crippen molar-refractivity contribution >= 4 is 46.1 Å². The second-order valence-electron chi connectivity index (χ2n) is 7.43. The van der Waals surface area contributed by atoms with Gasteiger partial charge in [-0.15, -0.1) is 0 Å². The standard InChI is InChI=1S/C23H18ClF3N6O2/c24-17-8-7-15(12-16(17)23(25,26)27)31-22(35)30-14-5-3-13(4-6-14)9-11-29-21(34)20-32-18-2-1-10-28-19(18)33-20/h1-8,10,12H,9,11H2,(H,29,34)(H,28,32,33)(H2,30,31,35). The molecular formula is C23H18ClF3N6O2. The summed E-state index contributed by atoms with van der Waals surface area (Å²) in [7, 11) is 0. The molecule has 0 bridgehead atoms. The molecule has 0 aliphatic heterocycles. The molecular weight excluding hydrogens is 485 g/mol. The predicted octanol–water partition coefficient (Wildman–Crippen LogP) is 5.25. The Morgan fingerprint density at radius 3 is 2.43 bits per heavy atom. The van der Waals surface area contributed by atoms with Crippen LogP contribution in [0, 0.1) is 0 Å². The molecule has 180 valence electrons. The van der Waals surface area contributed by atoms with Gasteiger partial charge in [-0.2, -0.15) is 13.2 Å². The van der Waals surface area contributed by atoms with Crippen LogP contribution in [0.3, 0.4) is 0 Å². The number of fused-ring (bicyclic) bond motifs is 1. The van der Waals surface area contributed by atoms with Gasteiger partial charge in [0.25, 0.3) is 5.91 Å². The van der Waals surface area contributed by atoms with Gasteiger partial charge in [-0.1, -0.05) is 23.7 Å². The minimum absolute atomic E-state index is 0.0492. The van der Waals surface area contributed by atoms with Gasteiger partial charge in [-0.25, -0.2) is 14.8 Å². The molecule has 2 aromatic heterocycles. The minimum Gasteiger partial charge on any atom is -0.349 e. The van der Waals surface area contributed by atoms with Crippen LogP contribution < -0.4 is 16.0 Å². The van der Waals surface area contributed by atoms with Crippen molar-refractivity contribution in [3.8, 4) is 0 Å². The Labute approximate surface area is 201 Å². The predicted molar refractivity (Wildman–Crippen MR) is 125 cm³/mol. The van der Waals surface area contributed by atoms with Gasteiger partial charge < -0.3 is 20.9 Å². The average molecular weight is 503 g/mol. The molecule has 12 heteroatoms. The van der Waals surface area contributed by atoms with Crippen molar-refractivity contribution in [2.75, 3.05) is 17.2 Å². The van der Waals surface area contributed by atoms with Crippen LogP contribution in [-0.2, 0) is 12.6 Å². The fourth-order valence-electron chi connectivity index (χ4n) is 3.23. The number of amides is 3. The number of nitrogens with zero attached hydrogens (tertiary/aromatic N) is 2. The number of anilines is 2. The highest BCUT2D eigenvalue weighted by Gasteiger charge is 2.33. The lowest BCUT2D eigenvalue weighted by atomic mass is 10.1. The average Bonchev–Trinajstić information content (AvgIpc) is 3.25. The molecule has 0 fully saturated rings. The van der Waals surface area contributed by atoms with Crippen molar-refractivity contribution < 1.29 is 22.8 Å². The molecule has 0 aliphatic carbocycles. The Kier molecular flexibility index (Phi) is 6.87. The molecule has 35 heavy (non-hydrogen) atoms. The summed E-state index contributed by atoms with van der Waals surface area (Å²) in [5, 5.41) is 7.21. The number of carbonyl (C=O) groups is 2. The molecule has 4 N–H and O–H groups in total. The highest BCUT2D eigenvalue weighted by molar-refractivity contribution is 6.31. The smallest absolute Gasteiger partial charge is 0.349 e. The lowest BCUT2D eigenvalue weighted by Crippen LogP contribution is -2.26. The Morgan fingerprint density at radius 2 is 1.71 bits per heavy atom. The first-order chi connectivity index (χ1) is 16.7. The minimum atomic E-state index is -4.64. The van der Waals surface area contributed by atoms with Crippen LogP contribution in [0.5, 0.6) is 0 Å². The summed E-state index contributed by atoms with van der Waals surface area (Å²) in [4.78, 5) is 35.6.